The molecular weight excluding hydrogens is 302 g/mol. The molecular formula is C13H9BrF2N2. The quantitative estimate of drug-likeness (QED) is 0.667. The summed E-state index contributed by atoms with van der Waals surface area (Å²) in [6.45, 7) is 0. The SMILES string of the molecule is Fc1ccc(N/N=C/c2ccc(Br)cc2)c(F)c1. The lowest BCUT2D eigenvalue weighted by atomic mass is 10.2. The molecule has 0 bridgehead atoms. The predicted molar refractivity (Wildman–Crippen MR) is 71.7 cm³/mol. The maximum absolute atomic E-state index is 13.2. The van der Waals surface area contributed by atoms with Gasteiger partial charge < -0.3 is 0 Å². The Bertz CT molecular complexity index is 568. The van der Waals surface area contributed by atoms with Gasteiger partial charge in [-0.1, -0.05) is 28.1 Å². The molecule has 2 rings (SSSR count). The van der Waals surface area contributed by atoms with E-state index in [-0.39, 0.29) is 5.69 Å². The summed E-state index contributed by atoms with van der Waals surface area (Å²) in [5.41, 5.74) is 3.52. The fourth-order valence-corrected chi connectivity index (χ4v) is 1.57. The van der Waals surface area contributed by atoms with Crippen LogP contribution >= 0.6 is 15.9 Å². The first-order valence-electron chi connectivity index (χ1n) is 5.15. The third-order valence-corrected chi connectivity index (χ3v) is 2.73. The summed E-state index contributed by atoms with van der Waals surface area (Å²) in [6.07, 6.45) is 1.55. The molecule has 1 N–H and O–H groups in total. The molecule has 0 spiro atoms. The van der Waals surface area contributed by atoms with Crippen molar-refractivity contribution in [2.45, 2.75) is 0 Å². The third-order valence-electron chi connectivity index (χ3n) is 2.20. The second kappa shape index (κ2) is 5.73. The van der Waals surface area contributed by atoms with Gasteiger partial charge in [-0.05, 0) is 29.8 Å². The molecule has 0 radical (unpaired) electrons. The van der Waals surface area contributed by atoms with Crippen molar-refractivity contribution >= 4 is 27.8 Å². The van der Waals surface area contributed by atoms with Crippen LogP contribution in [0.25, 0.3) is 0 Å². The molecule has 2 aromatic carbocycles. The number of nitrogens with zero attached hydrogens (tertiary/aromatic N) is 1. The van der Waals surface area contributed by atoms with Crippen molar-refractivity contribution in [3.05, 3.63) is 64.1 Å². The zero-order valence-electron chi connectivity index (χ0n) is 9.20. The zero-order valence-corrected chi connectivity index (χ0v) is 10.8. The predicted octanol–water partition coefficient (Wildman–Crippen LogP) is 4.17. The smallest absolute Gasteiger partial charge is 0.151 e. The molecule has 0 amide bonds. The Balaban J connectivity index is 2.05. The Morgan fingerprint density at radius 2 is 1.78 bits per heavy atom. The van der Waals surface area contributed by atoms with Crippen molar-refractivity contribution in [3.63, 3.8) is 0 Å². The van der Waals surface area contributed by atoms with Gasteiger partial charge in [-0.15, -0.1) is 0 Å². The molecule has 0 heterocycles. The minimum Gasteiger partial charge on any atom is -0.276 e. The van der Waals surface area contributed by atoms with Crippen LogP contribution in [0.4, 0.5) is 14.5 Å². The molecule has 18 heavy (non-hydrogen) atoms. The Kier molecular flexibility index (Phi) is 4.04. The molecule has 0 saturated carbocycles. The van der Waals surface area contributed by atoms with Gasteiger partial charge in [0.15, 0.2) is 5.82 Å². The van der Waals surface area contributed by atoms with Crippen LogP contribution in [0.3, 0.4) is 0 Å². The van der Waals surface area contributed by atoms with Gasteiger partial charge >= 0.3 is 0 Å². The second-order valence-corrected chi connectivity index (χ2v) is 4.46. The lowest BCUT2D eigenvalue weighted by molar-refractivity contribution is 0.585. The van der Waals surface area contributed by atoms with Gasteiger partial charge in [0.25, 0.3) is 0 Å². The van der Waals surface area contributed by atoms with Crippen LogP contribution in [0.2, 0.25) is 0 Å². The maximum atomic E-state index is 13.2. The number of hydrogen-bond donors (Lipinski definition) is 1. The Labute approximate surface area is 111 Å². The summed E-state index contributed by atoms with van der Waals surface area (Å²) in [4.78, 5) is 0. The molecule has 0 aliphatic carbocycles. The van der Waals surface area contributed by atoms with Crippen molar-refractivity contribution in [2.24, 2.45) is 5.10 Å². The molecule has 0 aliphatic heterocycles. The van der Waals surface area contributed by atoms with E-state index < -0.39 is 11.6 Å². The summed E-state index contributed by atoms with van der Waals surface area (Å²) in [7, 11) is 0. The van der Waals surface area contributed by atoms with Crippen LogP contribution in [-0.2, 0) is 0 Å². The van der Waals surface area contributed by atoms with Crippen LogP contribution in [-0.4, -0.2) is 6.21 Å². The topological polar surface area (TPSA) is 24.4 Å². The van der Waals surface area contributed by atoms with Crippen molar-refractivity contribution in [3.8, 4) is 0 Å². The first-order valence-corrected chi connectivity index (χ1v) is 5.94. The summed E-state index contributed by atoms with van der Waals surface area (Å²) < 4.78 is 26.9. The van der Waals surface area contributed by atoms with Crippen LogP contribution in [0.15, 0.2) is 52.0 Å². The highest BCUT2D eigenvalue weighted by Crippen LogP contribution is 2.14. The van der Waals surface area contributed by atoms with Crippen molar-refractivity contribution in [1.29, 1.82) is 0 Å². The normalized spacial score (nSPS) is 10.8. The van der Waals surface area contributed by atoms with Crippen LogP contribution in [0.1, 0.15) is 5.56 Å². The molecule has 0 saturated heterocycles. The van der Waals surface area contributed by atoms with Gasteiger partial charge in [0.1, 0.15) is 5.82 Å². The van der Waals surface area contributed by atoms with Crippen LogP contribution in [0.5, 0.6) is 0 Å². The van der Waals surface area contributed by atoms with E-state index >= 15 is 0 Å². The van der Waals surface area contributed by atoms with E-state index in [1.54, 1.807) is 6.21 Å². The van der Waals surface area contributed by atoms with E-state index in [0.29, 0.717) is 0 Å². The van der Waals surface area contributed by atoms with E-state index in [1.165, 1.54) is 12.1 Å². The molecule has 0 unspecified atom stereocenters. The number of rotatable bonds is 3. The first-order chi connectivity index (χ1) is 8.65. The van der Waals surface area contributed by atoms with E-state index in [2.05, 4.69) is 26.5 Å². The van der Waals surface area contributed by atoms with E-state index in [0.717, 1.165) is 16.1 Å². The number of hydrogen-bond acceptors (Lipinski definition) is 2. The molecule has 0 aliphatic rings. The van der Waals surface area contributed by atoms with Crippen LogP contribution < -0.4 is 5.43 Å². The van der Waals surface area contributed by atoms with Gasteiger partial charge in [-0.2, -0.15) is 5.10 Å². The highest BCUT2D eigenvalue weighted by Gasteiger charge is 2.01. The number of nitrogens with one attached hydrogen (secondary N) is 1. The fraction of sp³-hybridized carbons (Fsp3) is 0. The monoisotopic (exact) mass is 310 g/mol. The molecule has 2 nitrogen and oxygen atoms in total. The Morgan fingerprint density at radius 3 is 2.44 bits per heavy atom. The van der Waals surface area contributed by atoms with Gasteiger partial charge in [-0.3, -0.25) is 5.43 Å². The molecule has 92 valence electrons. The van der Waals surface area contributed by atoms with Crippen LogP contribution in [0, 0.1) is 11.6 Å². The van der Waals surface area contributed by atoms with Gasteiger partial charge in [0, 0.05) is 10.5 Å². The molecule has 0 fully saturated rings. The molecule has 5 heteroatoms. The fourth-order valence-electron chi connectivity index (χ4n) is 1.31. The molecule has 2 aromatic rings. The first kappa shape index (κ1) is 12.7. The number of hydrazone groups is 1. The summed E-state index contributed by atoms with van der Waals surface area (Å²) in [5, 5.41) is 3.88. The number of halogens is 3. The van der Waals surface area contributed by atoms with Crippen molar-refractivity contribution < 1.29 is 8.78 Å². The number of benzene rings is 2. The highest BCUT2D eigenvalue weighted by atomic mass is 79.9. The lowest BCUT2D eigenvalue weighted by Crippen LogP contribution is -1.94. The highest BCUT2D eigenvalue weighted by molar-refractivity contribution is 9.10. The summed E-state index contributed by atoms with van der Waals surface area (Å²) in [5.74, 6) is -1.29. The van der Waals surface area contributed by atoms with Crippen molar-refractivity contribution in [2.75, 3.05) is 5.43 Å². The lowest BCUT2D eigenvalue weighted by Gasteiger charge is -2.01. The minimum atomic E-state index is -0.678. The largest absolute Gasteiger partial charge is 0.276 e. The van der Waals surface area contributed by atoms with Crippen molar-refractivity contribution in [1.82, 2.24) is 0 Å². The van der Waals surface area contributed by atoms with E-state index in [1.807, 2.05) is 24.3 Å². The average Bonchev–Trinajstić information content (AvgIpc) is 2.34. The number of anilines is 1. The Morgan fingerprint density at radius 1 is 1.06 bits per heavy atom. The molecule has 0 atom stereocenters. The van der Waals surface area contributed by atoms with Gasteiger partial charge in [0.05, 0.1) is 11.9 Å². The average molecular weight is 311 g/mol. The maximum Gasteiger partial charge on any atom is 0.151 e. The zero-order chi connectivity index (χ0) is 13.0. The Hall–Kier alpha value is -1.75. The third kappa shape index (κ3) is 3.37. The van der Waals surface area contributed by atoms with E-state index in [9.17, 15) is 8.78 Å². The standard InChI is InChI=1S/C13H9BrF2N2/c14-10-3-1-9(2-4-10)8-17-18-13-6-5-11(15)7-12(13)16/h1-8,18H/b17-8+. The second-order valence-electron chi connectivity index (χ2n) is 3.55. The molecule has 0 aromatic heterocycles. The van der Waals surface area contributed by atoms with E-state index in [4.69, 9.17) is 0 Å². The summed E-state index contributed by atoms with van der Waals surface area (Å²) >= 11 is 3.32. The van der Waals surface area contributed by atoms with Gasteiger partial charge in [0.2, 0.25) is 0 Å². The summed E-state index contributed by atoms with van der Waals surface area (Å²) in [6, 6.07) is 10.7. The minimum absolute atomic E-state index is 0.129. The van der Waals surface area contributed by atoms with Gasteiger partial charge in [-0.25, -0.2) is 8.78 Å².